The number of aromatic nitrogens is 3. The molecule has 136 valence electrons. The van der Waals surface area contributed by atoms with Gasteiger partial charge in [0, 0.05) is 40.3 Å². The Balaban J connectivity index is 1.78. The monoisotopic (exact) mass is 337 g/mol. The summed E-state index contributed by atoms with van der Waals surface area (Å²) in [5.41, 5.74) is 0. The SMILES string of the molecule is CCNC(=NCCCN1CCC(O)CC1)N(C)Cc1ncnn1C. The van der Waals surface area contributed by atoms with Gasteiger partial charge in [-0.2, -0.15) is 5.10 Å². The Bertz CT molecular complexity index is 508. The van der Waals surface area contributed by atoms with E-state index < -0.39 is 0 Å². The first-order valence-electron chi connectivity index (χ1n) is 8.83. The third-order valence-corrected chi connectivity index (χ3v) is 4.33. The van der Waals surface area contributed by atoms with Gasteiger partial charge in [-0.25, -0.2) is 4.98 Å². The maximum Gasteiger partial charge on any atom is 0.194 e. The molecule has 1 fully saturated rings. The van der Waals surface area contributed by atoms with Crippen LogP contribution in [-0.4, -0.2) is 81.5 Å². The minimum Gasteiger partial charge on any atom is -0.393 e. The summed E-state index contributed by atoms with van der Waals surface area (Å²) in [6.07, 6.45) is 4.29. The zero-order valence-electron chi connectivity index (χ0n) is 15.1. The van der Waals surface area contributed by atoms with Crippen LogP contribution in [0, 0.1) is 0 Å². The first kappa shape index (κ1) is 18.7. The van der Waals surface area contributed by atoms with Gasteiger partial charge in [0.15, 0.2) is 5.96 Å². The first-order valence-corrected chi connectivity index (χ1v) is 8.83. The van der Waals surface area contributed by atoms with Crippen LogP contribution in [0.4, 0.5) is 0 Å². The lowest BCUT2D eigenvalue weighted by Gasteiger charge is -2.29. The van der Waals surface area contributed by atoms with Crippen LogP contribution in [0.5, 0.6) is 0 Å². The minimum absolute atomic E-state index is 0.103. The van der Waals surface area contributed by atoms with Crippen LogP contribution < -0.4 is 5.32 Å². The molecule has 2 N–H and O–H groups in total. The van der Waals surface area contributed by atoms with Gasteiger partial charge in [-0.3, -0.25) is 9.67 Å². The first-order chi connectivity index (χ1) is 11.6. The number of hydrogen-bond acceptors (Lipinski definition) is 5. The smallest absolute Gasteiger partial charge is 0.194 e. The standard InChI is InChI=1S/C16H31N7O/c1-4-17-16(21(2)12-15-19-13-20-22(15)3)18-8-5-9-23-10-6-14(24)7-11-23/h13-14,24H,4-12H2,1-3H3,(H,17,18). The predicted molar refractivity (Wildman–Crippen MR) is 94.7 cm³/mol. The molecule has 8 heteroatoms. The number of hydrogen-bond donors (Lipinski definition) is 2. The van der Waals surface area contributed by atoms with Crippen molar-refractivity contribution in [2.75, 3.05) is 39.8 Å². The van der Waals surface area contributed by atoms with Crippen molar-refractivity contribution in [1.29, 1.82) is 0 Å². The summed E-state index contributed by atoms with van der Waals surface area (Å²) >= 11 is 0. The highest BCUT2D eigenvalue weighted by atomic mass is 16.3. The van der Waals surface area contributed by atoms with E-state index in [4.69, 9.17) is 4.99 Å². The van der Waals surface area contributed by atoms with Gasteiger partial charge in [0.25, 0.3) is 0 Å². The highest BCUT2D eigenvalue weighted by Crippen LogP contribution is 2.09. The van der Waals surface area contributed by atoms with Crippen molar-refractivity contribution >= 4 is 5.96 Å². The maximum absolute atomic E-state index is 9.54. The third kappa shape index (κ3) is 5.76. The highest BCUT2D eigenvalue weighted by Gasteiger charge is 2.16. The average Bonchev–Trinajstić information content (AvgIpc) is 2.97. The van der Waals surface area contributed by atoms with Crippen molar-refractivity contribution in [2.45, 2.75) is 38.8 Å². The minimum atomic E-state index is -0.103. The molecule has 2 heterocycles. The number of rotatable bonds is 7. The number of aliphatic hydroxyl groups excluding tert-OH is 1. The van der Waals surface area contributed by atoms with Crippen LogP contribution in [0.15, 0.2) is 11.3 Å². The number of aliphatic hydroxyl groups is 1. The molecule has 1 aromatic heterocycles. The Morgan fingerprint density at radius 1 is 1.46 bits per heavy atom. The van der Waals surface area contributed by atoms with Gasteiger partial charge in [-0.15, -0.1) is 0 Å². The van der Waals surface area contributed by atoms with E-state index in [2.05, 4.69) is 32.1 Å². The van der Waals surface area contributed by atoms with E-state index in [1.54, 1.807) is 11.0 Å². The number of aryl methyl sites for hydroxylation is 1. The Hall–Kier alpha value is -1.67. The molecular weight excluding hydrogens is 306 g/mol. The zero-order valence-corrected chi connectivity index (χ0v) is 15.1. The van der Waals surface area contributed by atoms with E-state index in [1.165, 1.54) is 0 Å². The van der Waals surface area contributed by atoms with Crippen LogP contribution in [0.25, 0.3) is 0 Å². The normalized spacial score (nSPS) is 17.2. The van der Waals surface area contributed by atoms with Gasteiger partial charge >= 0.3 is 0 Å². The fraction of sp³-hybridized carbons (Fsp3) is 0.812. The number of piperidine rings is 1. The van der Waals surface area contributed by atoms with Crippen LogP contribution in [0.1, 0.15) is 32.0 Å². The second kappa shape index (κ2) is 9.58. The van der Waals surface area contributed by atoms with E-state index in [0.717, 1.165) is 63.8 Å². The van der Waals surface area contributed by atoms with E-state index in [0.29, 0.717) is 6.54 Å². The molecule has 1 saturated heterocycles. The van der Waals surface area contributed by atoms with Crippen molar-refractivity contribution in [3.8, 4) is 0 Å². The molecule has 0 radical (unpaired) electrons. The summed E-state index contributed by atoms with van der Waals surface area (Å²) in [6, 6.07) is 0. The summed E-state index contributed by atoms with van der Waals surface area (Å²) in [4.78, 5) is 13.5. The summed E-state index contributed by atoms with van der Waals surface area (Å²) in [6.45, 7) is 7.42. The van der Waals surface area contributed by atoms with Crippen molar-refractivity contribution in [3.63, 3.8) is 0 Å². The van der Waals surface area contributed by atoms with Gasteiger partial charge in [0.1, 0.15) is 12.2 Å². The van der Waals surface area contributed by atoms with Gasteiger partial charge in [-0.05, 0) is 32.7 Å². The number of guanidine groups is 1. The summed E-state index contributed by atoms with van der Waals surface area (Å²) in [5, 5.41) is 17.0. The highest BCUT2D eigenvalue weighted by molar-refractivity contribution is 5.79. The third-order valence-electron chi connectivity index (χ3n) is 4.33. The Labute approximate surface area is 144 Å². The van der Waals surface area contributed by atoms with E-state index >= 15 is 0 Å². The Morgan fingerprint density at radius 3 is 2.83 bits per heavy atom. The second-order valence-corrected chi connectivity index (χ2v) is 6.32. The molecular formula is C16H31N7O. The molecule has 0 aromatic carbocycles. The van der Waals surface area contributed by atoms with Gasteiger partial charge in [-0.1, -0.05) is 0 Å². The fourth-order valence-corrected chi connectivity index (χ4v) is 2.84. The van der Waals surface area contributed by atoms with Crippen LogP contribution in [0.3, 0.4) is 0 Å². The quantitative estimate of drug-likeness (QED) is 0.416. The Kier molecular flexibility index (Phi) is 7.45. The molecule has 1 aliphatic heterocycles. The molecule has 8 nitrogen and oxygen atoms in total. The van der Waals surface area contributed by atoms with Crippen molar-refractivity contribution in [2.24, 2.45) is 12.0 Å². The molecule has 2 rings (SSSR count). The number of nitrogens with one attached hydrogen (secondary N) is 1. The van der Waals surface area contributed by atoms with Crippen molar-refractivity contribution < 1.29 is 5.11 Å². The van der Waals surface area contributed by atoms with Crippen LogP contribution >= 0.6 is 0 Å². The van der Waals surface area contributed by atoms with Gasteiger partial charge < -0.3 is 20.2 Å². The molecule has 0 bridgehead atoms. The fourth-order valence-electron chi connectivity index (χ4n) is 2.84. The van der Waals surface area contributed by atoms with Gasteiger partial charge in [0.05, 0.1) is 12.6 Å². The molecule has 1 aliphatic rings. The summed E-state index contributed by atoms with van der Waals surface area (Å²) in [5.74, 6) is 1.81. The molecule has 24 heavy (non-hydrogen) atoms. The summed E-state index contributed by atoms with van der Waals surface area (Å²) in [7, 11) is 3.91. The van der Waals surface area contributed by atoms with Crippen LogP contribution in [-0.2, 0) is 13.6 Å². The topological polar surface area (TPSA) is 81.8 Å². The van der Waals surface area contributed by atoms with Gasteiger partial charge in [0.2, 0.25) is 0 Å². The predicted octanol–water partition coefficient (Wildman–Crippen LogP) is 0.0592. The second-order valence-electron chi connectivity index (χ2n) is 6.32. The van der Waals surface area contributed by atoms with Crippen LogP contribution in [0.2, 0.25) is 0 Å². The molecule has 1 aromatic rings. The lowest BCUT2D eigenvalue weighted by Crippen LogP contribution is -2.39. The maximum atomic E-state index is 9.54. The average molecular weight is 337 g/mol. The zero-order chi connectivity index (χ0) is 17.4. The van der Waals surface area contributed by atoms with E-state index in [1.807, 2.05) is 14.1 Å². The molecule has 0 amide bonds. The lowest BCUT2D eigenvalue weighted by atomic mass is 10.1. The molecule has 0 aliphatic carbocycles. The summed E-state index contributed by atoms with van der Waals surface area (Å²) < 4.78 is 1.78. The number of nitrogens with zero attached hydrogens (tertiary/aromatic N) is 6. The lowest BCUT2D eigenvalue weighted by molar-refractivity contribution is 0.0824. The van der Waals surface area contributed by atoms with E-state index in [-0.39, 0.29) is 6.10 Å². The molecule has 0 atom stereocenters. The Morgan fingerprint density at radius 2 is 2.21 bits per heavy atom. The molecule has 0 spiro atoms. The largest absolute Gasteiger partial charge is 0.393 e. The van der Waals surface area contributed by atoms with Crippen molar-refractivity contribution in [3.05, 3.63) is 12.2 Å². The molecule has 0 unspecified atom stereocenters. The molecule has 0 saturated carbocycles. The number of aliphatic imine (C=N–C) groups is 1. The van der Waals surface area contributed by atoms with Crippen molar-refractivity contribution in [1.82, 2.24) is 29.9 Å². The number of likely N-dealkylation sites (tertiary alicyclic amines) is 1. The van der Waals surface area contributed by atoms with E-state index in [9.17, 15) is 5.11 Å².